The predicted octanol–water partition coefficient (Wildman–Crippen LogP) is 2.73. The smallest absolute Gasteiger partial charge is 0.407 e. The highest BCUT2D eigenvalue weighted by Gasteiger charge is 2.15. The molecule has 1 aromatic rings. The van der Waals surface area contributed by atoms with E-state index in [1.165, 1.54) is 7.11 Å². The number of carbonyl (C=O) groups is 2. The lowest BCUT2D eigenvalue weighted by atomic mass is 10.2. The van der Waals surface area contributed by atoms with Crippen LogP contribution in [0.25, 0.3) is 0 Å². The number of alkyl carbamates (subject to hydrolysis) is 1. The van der Waals surface area contributed by atoms with Gasteiger partial charge in [-0.3, -0.25) is 4.79 Å². The molecule has 1 rings (SSSR count). The van der Waals surface area contributed by atoms with Crippen molar-refractivity contribution in [3.8, 4) is 5.75 Å². The van der Waals surface area contributed by atoms with Gasteiger partial charge in [-0.15, -0.1) is 0 Å². The summed E-state index contributed by atoms with van der Waals surface area (Å²) in [4.78, 5) is 23.5. The molecular formula is C17H26N2O4. The van der Waals surface area contributed by atoms with Gasteiger partial charge in [-0.05, 0) is 45.7 Å². The number of nitrogens with one attached hydrogen (secondary N) is 2. The Hall–Kier alpha value is -2.24. The molecule has 0 saturated carbocycles. The molecule has 0 unspecified atom stereocenters. The molecule has 6 heteroatoms. The fourth-order valence-corrected chi connectivity index (χ4v) is 1.88. The van der Waals surface area contributed by atoms with Crippen LogP contribution in [0, 0.1) is 0 Å². The number of ether oxygens (including phenoxy) is 2. The monoisotopic (exact) mass is 322 g/mol. The Morgan fingerprint density at radius 2 is 1.65 bits per heavy atom. The van der Waals surface area contributed by atoms with Gasteiger partial charge in [-0.25, -0.2) is 4.79 Å². The van der Waals surface area contributed by atoms with E-state index in [0.717, 1.165) is 12.8 Å². The highest BCUT2D eigenvalue weighted by molar-refractivity contribution is 5.96. The number of unbranched alkanes of at least 4 members (excludes halogenated alkanes) is 1. The largest absolute Gasteiger partial charge is 0.496 e. The van der Waals surface area contributed by atoms with Crippen molar-refractivity contribution in [1.29, 1.82) is 0 Å². The molecule has 0 bridgehead atoms. The van der Waals surface area contributed by atoms with Gasteiger partial charge >= 0.3 is 6.09 Å². The van der Waals surface area contributed by atoms with Crippen molar-refractivity contribution in [1.82, 2.24) is 10.6 Å². The number of hydrogen-bond acceptors (Lipinski definition) is 4. The minimum atomic E-state index is -0.493. The Balaban J connectivity index is 2.20. The first-order valence-corrected chi connectivity index (χ1v) is 7.71. The van der Waals surface area contributed by atoms with Gasteiger partial charge in [0.15, 0.2) is 0 Å². The number of para-hydroxylation sites is 1. The third-order valence-electron chi connectivity index (χ3n) is 2.91. The van der Waals surface area contributed by atoms with Crippen molar-refractivity contribution in [2.75, 3.05) is 20.2 Å². The quantitative estimate of drug-likeness (QED) is 0.757. The van der Waals surface area contributed by atoms with Crippen molar-refractivity contribution < 1.29 is 19.1 Å². The van der Waals surface area contributed by atoms with Crippen molar-refractivity contribution in [2.45, 2.75) is 39.2 Å². The Bertz CT molecular complexity index is 524. The second kappa shape index (κ2) is 9.02. The van der Waals surface area contributed by atoms with E-state index in [2.05, 4.69) is 10.6 Å². The molecule has 0 aliphatic carbocycles. The molecular weight excluding hydrogens is 296 g/mol. The molecule has 0 aliphatic rings. The van der Waals surface area contributed by atoms with Gasteiger partial charge in [0.05, 0.1) is 12.7 Å². The zero-order chi connectivity index (χ0) is 17.3. The number of benzene rings is 1. The number of methoxy groups -OCH3 is 1. The molecule has 128 valence electrons. The topological polar surface area (TPSA) is 76.7 Å². The molecule has 2 N–H and O–H groups in total. The normalized spacial score (nSPS) is 10.8. The van der Waals surface area contributed by atoms with Crippen molar-refractivity contribution in [3.05, 3.63) is 29.8 Å². The molecule has 0 spiro atoms. The van der Waals surface area contributed by atoms with E-state index in [1.807, 2.05) is 26.8 Å². The standard InChI is InChI=1S/C17H26N2O4/c1-17(2,3)23-16(21)19-12-8-7-11-18-15(20)13-9-5-6-10-14(13)22-4/h5-6,9-10H,7-8,11-12H2,1-4H3,(H,18,20)(H,19,21). The van der Waals surface area contributed by atoms with Crippen LogP contribution in [-0.4, -0.2) is 37.8 Å². The lowest BCUT2D eigenvalue weighted by Crippen LogP contribution is -2.33. The summed E-state index contributed by atoms with van der Waals surface area (Å²) in [6.07, 6.45) is 1.10. The summed E-state index contributed by atoms with van der Waals surface area (Å²) in [5, 5.41) is 5.52. The maximum atomic E-state index is 12.0. The van der Waals surface area contributed by atoms with E-state index >= 15 is 0 Å². The highest BCUT2D eigenvalue weighted by atomic mass is 16.6. The average Bonchev–Trinajstić information content (AvgIpc) is 2.48. The molecule has 6 nitrogen and oxygen atoms in total. The maximum Gasteiger partial charge on any atom is 0.407 e. The van der Waals surface area contributed by atoms with Gasteiger partial charge in [0.1, 0.15) is 11.4 Å². The van der Waals surface area contributed by atoms with Crippen LogP contribution < -0.4 is 15.4 Å². The fourth-order valence-electron chi connectivity index (χ4n) is 1.88. The van der Waals surface area contributed by atoms with Crippen LogP contribution in [0.3, 0.4) is 0 Å². The van der Waals surface area contributed by atoms with Crippen LogP contribution in [0.2, 0.25) is 0 Å². The first kappa shape index (κ1) is 18.8. The number of amides is 2. The lowest BCUT2D eigenvalue weighted by Gasteiger charge is -2.19. The lowest BCUT2D eigenvalue weighted by molar-refractivity contribution is 0.0526. The van der Waals surface area contributed by atoms with E-state index in [9.17, 15) is 9.59 Å². The number of hydrogen-bond donors (Lipinski definition) is 2. The molecule has 0 fully saturated rings. The van der Waals surface area contributed by atoms with Gasteiger partial charge in [0.25, 0.3) is 5.91 Å². The molecule has 0 saturated heterocycles. The van der Waals surface area contributed by atoms with Crippen molar-refractivity contribution in [3.63, 3.8) is 0 Å². The van der Waals surface area contributed by atoms with Crippen LogP contribution in [0.15, 0.2) is 24.3 Å². The average molecular weight is 322 g/mol. The molecule has 1 aromatic carbocycles. The minimum absolute atomic E-state index is 0.164. The van der Waals surface area contributed by atoms with Gasteiger partial charge < -0.3 is 20.1 Å². The second-order valence-corrected chi connectivity index (χ2v) is 6.09. The zero-order valence-electron chi connectivity index (χ0n) is 14.3. The third-order valence-corrected chi connectivity index (χ3v) is 2.91. The summed E-state index contributed by atoms with van der Waals surface area (Å²) in [5.41, 5.74) is 0.0224. The van der Waals surface area contributed by atoms with E-state index in [4.69, 9.17) is 9.47 Å². The summed E-state index contributed by atoms with van der Waals surface area (Å²) in [5.74, 6) is 0.388. The Labute approximate surface area is 137 Å². The SMILES string of the molecule is COc1ccccc1C(=O)NCCCCNC(=O)OC(C)(C)C. The molecule has 23 heavy (non-hydrogen) atoms. The predicted molar refractivity (Wildman–Crippen MR) is 88.8 cm³/mol. The number of carbonyl (C=O) groups excluding carboxylic acids is 2. The summed E-state index contributed by atoms with van der Waals surface area (Å²) in [7, 11) is 1.54. The van der Waals surface area contributed by atoms with Gasteiger partial charge in [0.2, 0.25) is 0 Å². The van der Waals surface area contributed by atoms with Crippen LogP contribution in [0.1, 0.15) is 44.0 Å². The molecule has 0 aromatic heterocycles. The van der Waals surface area contributed by atoms with Crippen molar-refractivity contribution >= 4 is 12.0 Å². The van der Waals surface area contributed by atoms with Crippen molar-refractivity contribution in [2.24, 2.45) is 0 Å². The summed E-state index contributed by atoms with van der Waals surface area (Å²) >= 11 is 0. The third kappa shape index (κ3) is 7.54. The van der Waals surface area contributed by atoms with Crippen LogP contribution in [-0.2, 0) is 4.74 Å². The van der Waals surface area contributed by atoms with Gasteiger partial charge in [-0.1, -0.05) is 12.1 Å². The molecule has 0 radical (unpaired) electrons. The minimum Gasteiger partial charge on any atom is -0.496 e. The maximum absolute atomic E-state index is 12.0. The molecule has 0 aliphatic heterocycles. The summed E-state index contributed by atoms with van der Waals surface area (Å²) in [6.45, 7) is 6.51. The Morgan fingerprint density at radius 3 is 2.26 bits per heavy atom. The Morgan fingerprint density at radius 1 is 1.04 bits per heavy atom. The van der Waals surface area contributed by atoms with Gasteiger partial charge in [-0.2, -0.15) is 0 Å². The molecule has 2 amide bonds. The molecule has 0 atom stereocenters. The number of rotatable bonds is 7. The Kier molecular flexibility index (Phi) is 7.38. The fraction of sp³-hybridized carbons (Fsp3) is 0.529. The van der Waals surface area contributed by atoms with Crippen LogP contribution >= 0.6 is 0 Å². The first-order chi connectivity index (χ1) is 10.8. The zero-order valence-corrected chi connectivity index (χ0v) is 14.3. The first-order valence-electron chi connectivity index (χ1n) is 7.71. The second-order valence-electron chi connectivity index (χ2n) is 6.09. The van der Waals surface area contributed by atoms with Gasteiger partial charge in [0, 0.05) is 13.1 Å². The van der Waals surface area contributed by atoms with E-state index in [1.54, 1.807) is 18.2 Å². The molecule has 0 heterocycles. The summed E-state index contributed by atoms with van der Waals surface area (Å²) < 4.78 is 10.3. The van der Waals surface area contributed by atoms with E-state index < -0.39 is 11.7 Å². The highest BCUT2D eigenvalue weighted by Crippen LogP contribution is 2.16. The van der Waals surface area contributed by atoms with Crippen LogP contribution in [0.4, 0.5) is 4.79 Å². The van der Waals surface area contributed by atoms with Crippen LogP contribution in [0.5, 0.6) is 5.75 Å². The van der Waals surface area contributed by atoms with E-state index in [-0.39, 0.29) is 5.91 Å². The van der Waals surface area contributed by atoms with E-state index in [0.29, 0.717) is 24.4 Å². The summed E-state index contributed by atoms with van der Waals surface area (Å²) in [6, 6.07) is 7.08.